The molecule has 5 nitrogen and oxygen atoms in total. The lowest BCUT2D eigenvalue weighted by molar-refractivity contribution is 0.0739. The molecule has 0 unspecified atom stereocenters. The average Bonchev–Trinajstić information content (AvgIpc) is 3.08. The van der Waals surface area contributed by atoms with Gasteiger partial charge in [-0.15, -0.1) is 11.3 Å². The molecule has 20 heavy (non-hydrogen) atoms. The number of hydrogen-bond acceptors (Lipinski definition) is 4. The fourth-order valence-electron chi connectivity index (χ4n) is 2.83. The van der Waals surface area contributed by atoms with Gasteiger partial charge in [0.1, 0.15) is 4.88 Å². The van der Waals surface area contributed by atoms with Crippen LogP contribution in [0.4, 0.5) is 0 Å². The molecule has 0 bridgehead atoms. The van der Waals surface area contributed by atoms with E-state index in [2.05, 4.69) is 10.1 Å². The molecular formula is C14H18N4OS. The quantitative estimate of drug-likeness (QED) is 0.853. The minimum absolute atomic E-state index is 0.111. The molecule has 0 radical (unpaired) electrons. The molecule has 1 fully saturated rings. The van der Waals surface area contributed by atoms with Gasteiger partial charge in [-0.2, -0.15) is 5.10 Å². The summed E-state index contributed by atoms with van der Waals surface area (Å²) in [6.07, 6.45) is 5.92. The Hall–Kier alpha value is -1.69. The molecule has 1 amide bonds. The zero-order valence-electron chi connectivity index (χ0n) is 12.0. The zero-order valence-corrected chi connectivity index (χ0v) is 12.8. The van der Waals surface area contributed by atoms with Crippen LogP contribution in [0, 0.1) is 13.8 Å². The summed E-state index contributed by atoms with van der Waals surface area (Å²) < 4.78 is 1.79. The van der Waals surface area contributed by atoms with Crippen molar-refractivity contribution in [1.29, 1.82) is 0 Å². The van der Waals surface area contributed by atoms with E-state index in [1.54, 1.807) is 4.68 Å². The van der Waals surface area contributed by atoms with E-state index in [9.17, 15) is 4.79 Å². The van der Waals surface area contributed by atoms with Crippen molar-refractivity contribution in [3.8, 4) is 0 Å². The van der Waals surface area contributed by atoms with Gasteiger partial charge in [-0.05, 0) is 26.7 Å². The van der Waals surface area contributed by atoms with Gasteiger partial charge in [0, 0.05) is 25.4 Å². The highest BCUT2D eigenvalue weighted by molar-refractivity contribution is 7.13. The Morgan fingerprint density at radius 1 is 1.45 bits per heavy atom. The Labute approximate surface area is 122 Å². The van der Waals surface area contributed by atoms with Gasteiger partial charge in [0.15, 0.2) is 0 Å². The van der Waals surface area contributed by atoms with Crippen LogP contribution in [0.3, 0.4) is 0 Å². The summed E-state index contributed by atoms with van der Waals surface area (Å²) in [6.45, 7) is 4.66. The molecule has 1 aliphatic heterocycles. The maximum Gasteiger partial charge on any atom is 0.266 e. The van der Waals surface area contributed by atoms with Crippen LogP contribution in [0.15, 0.2) is 12.4 Å². The van der Waals surface area contributed by atoms with Gasteiger partial charge in [0.05, 0.1) is 22.9 Å². The molecule has 106 valence electrons. The molecule has 0 aromatic carbocycles. The number of thiazole rings is 1. The lowest BCUT2D eigenvalue weighted by Gasteiger charge is -2.23. The van der Waals surface area contributed by atoms with Crippen LogP contribution < -0.4 is 0 Å². The second-order valence-electron chi connectivity index (χ2n) is 5.25. The van der Waals surface area contributed by atoms with E-state index < -0.39 is 0 Å². The normalized spacial score (nSPS) is 18.8. The molecule has 1 aliphatic rings. The average molecular weight is 290 g/mol. The van der Waals surface area contributed by atoms with Crippen molar-refractivity contribution >= 4 is 17.2 Å². The zero-order chi connectivity index (χ0) is 14.3. The molecule has 2 aromatic heterocycles. The molecular weight excluding hydrogens is 272 g/mol. The van der Waals surface area contributed by atoms with E-state index in [0.717, 1.165) is 40.5 Å². The highest BCUT2D eigenvalue weighted by Crippen LogP contribution is 2.34. The number of carbonyl (C=O) groups is 1. The van der Waals surface area contributed by atoms with Crippen molar-refractivity contribution in [2.24, 2.45) is 7.05 Å². The monoisotopic (exact) mass is 290 g/mol. The summed E-state index contributed by atoms with van der Waals surface area (Å²) in [7, 11) is 1.90. The molecule has 3 rings (SSSR count). The summed E-state index contributed by atoms with van der Waals surface area (Å²) in [5, 5.41) is 5.17. The number of amides is 1. The maximum atomic E-state index is 12.7. The SMILES string of the molecule is Cc1nc(C)c(C(=O)N2CCC[C@@H]2c2cnn(C)c2)s1. The van der Waals surface area contributed by atoms with Crippen molar-refractivity contribution in [2.45, 2.75) is 32.7 Å². The topological polar surface area (TPSA) is 51.0 Å². The van der Waals surface area contributed by atoms with Crippen LogP contribution in [-0.4, -0.2) is 32.1 Å². The predicted molar refractivity (Wildman–Crippen MR) is 77.8 cm³/mol. The highest BCUT2D eigenvalue weighted by Gasteiger charge is 2.32. The molecule has 2 aromatic rings. The predicted octanol–water partition coefficient (Wildman–Crippen LogP) is 2.47. The first-order valence-electron chi connectivity index (χ1n) is 6.80. The first-order valence-corrected chi connectivity index (χ1v) is 7.61. The van der Waals surface area contributed by atoms with Gasteiger partial charge >= 0.3 is 0 Å². The van der Waals surface area contributed by atoms with Crippen LogP contribution in [-0.2, 0) is 7.05 Å². The standard InChI is InChI=1S/C14H18N4OS/c1-9-13(20-10(2)16-9)14(19)18-6-4-5-12(18)11-7-15-17(3)8-11/h7-8,12H,4-6H2,1-3H3/t12-/m1/s1. The van der Waals surface area contributed by atoms with Crippen molar-refractivity contribution in [2.75, 3.05) is 6.54 Å². The van der Waals surface area contributed by atoms with Gasteiger partial charge in [0.25, 0.3) is 5.91 Å². The van der Waals surface area contributed by atoms with E-state index in [0.29, 0.717) is 0 Å². The first-order chi connectivity index (χ1) is 9.56. The minimum atomic E-state index is 0.111. The van der Waals surface area contributed by atoms with Crippen LogP contribution in [0.25, 0.3) is 0 Å². The number of aromatic nitrogens is 3. The second-order valence-corrected chi connectivity index (χ2v) is 6.45. The number of aryl methyl sites for hydroxylation is 3. The molecule has 6 heteroatoms. The van der Waals surface area contributed by atoms with Gasteiger partial charge in [-0.1, -0.05) is 0 Å². The van der Waals surface area contributed by atoms with Crippen molar-refractivity contribution in [3.63, 3.8) is 0 Å². The minimum Gasteiger partial charge on any atom is -0.331 e. The Bertz CT molecular complexity index is 645. The fourth-order valence-corrected chi connectivity index (χ4v) is 3.70. The lowest BCUT2D eigenvalue weighted by Crippen LogP contribution is -2.30. The Balaban J connectivity index is 1.89. The summed E-state index contributed by atoms with van der Waals surface area (Å²) in [6, 6.07) is 0.151. The Morgan fingerprint density at radius 2 is 2.25 bits per heavy atom. The Morgan fingerprint density at radius 3 is 2.85 bits per heavy atom. The van der Waals surface area contributed by atoms with Crippen LogP contribution in [0.5, 0.6) is 0 Å². The third kappa shape index (κ3) is 2.24. The largest absolute Gasteiger partial charge is 0.331 e. The van der Waals surface area contributed by atoms with Crippen molar-refractivity contribution in [3.05, 3.63) is 33.5 Å². The highest BCUT2D eigenvalue weighted by atomic mass is 32.1. The molecule has 0 spiro atoms. The van der Waals surface area contributed by atoms with Gasteiger partial charge in [-0.3, -0.25) is 9.48 Å². The van der Waals surface area contributed by atoms with Crippen LogP contribution in [0.2, 0.25) is 0 Å². The smallest absolute Gasteiger partial charge is 0.266 e. The summed E-state index contributed by atoms with van der Waals surface area (Å²) in [4.78, 5) is 19.8. The summed E-state index contributed by atoms with van der Waals surface area (Å²) in [5.74, 6) is 0.111. The second kappa shape index (κ2) is 5.01. The van der Waals surface area contributed by atoms with E-state index in [-0.39, 0.29) is 11.9 Å². The molecule has 1 atom stereocenters. The third-order valence-electron chi connectivity index (χ3n) is 3.72. The van der Waals surface area contributed by atoms with Crippen molar-refractivity contribution in [1.82, 2.24) is 19.7 Å². The molecule has 0 N–H and O–H groups in total. The van der Waals surface area contributed by atoms with Gasteiger partial charge in [-0.25, -0.2) is 4.98 Å². The van der Waals surface area contributed by atoms with E-state index >= 15 is 0 Å². The van der Waals surface area contributed by atoms with Crippen LogP contribution >= 0.6 is 11.3 Å². The molecule has 0 aliphatic carbocycles. The number of nitrogens with zero attached hydrogens (tertiary/aromatic N) is 4. The molecule has 1 saturated heterocycles. The van der Waals surface area contributed by atoms with E-state index in [1.807, 2.05) is 38.2 Å². The number of carbonyl (C=O) groups excluding carboxylic acids is 1. The fraction of sp³-hybridized carbons (Fsp3) is 0.500. The van der Waals surface area contributed by atoms with E-state index in [1.165, 1.54) is 11.3 Å². The van der Waals surface area contributed by atoms with Crippen molar-refractivity contribution < 1.29 is 4.79 Å². The van der Waals surface area contributed by atoms with Gasteiger partial charge < -0.3 is 4.90 Å². The number of rotatable bonds is 2. The van der Waals surface area contributed by atoms with E-state index in [4.69, 9.17) is 0 Å². The van der Waals surface area contributed by atoms with Crippen LogP contribution in [0.1, 0.15) is 44.8 Å². The number of likely N-dealkylation sites (tertiary alicyclic amines) is 1. The summed E-state index contributed by atoms with van der Waals surface area (Å²) >= 11 is 1.49. The molecule has 0 saturated carbocycles. The lowest BCUT2D eigenvalue weighted by atomic mass is 10.1. The van der Waals surface area contributed by atoms with Gasteiger partial charge in [0.2, 0.25) is 0 Å². The first kappa shape index (κ1) is 13.3. The molecule has 3 heterocycles. The summed E-state index contributed by atoms with van der Waals surface area (Å²) in [5.41, 5.74) is 1.96. The maximum absolute atomic E-state index is 12.7. The Kier molecular flexibility index (Phi) is 3.33. The third-order valence-corrected chi connectivity index (χ3v) is 4.78. The number of hydrogen-bond donors (Lipinski definition) is 0.